The van der Waals surface area contributed by atoms with E-state index >= 15 is 0 Å². The molecular weight excluding hydrogens is 394 g/mol. The van der Waals surface area contributed by atoms with Gasteiger partial charge in [0, 0.05) is 24.7 Å². The van der Waals surface area contributed by atoms with E-state index in [9.17, 15) is 9.59 Å². The molecule has 0 spiro atoms. The lowest BCUT2D eigenvalue weighted by atomic mass is 10.0. The van der Waals surface area contributed by atoms with Crippen LogP contribution in [0.5, 0.6) is 5.75 Å². The number of nitrogens with zero attached hydrogens (tertiary/aromatic N) is 4. The van der Waals surface area contributed by atoms with Crippen LogP contribution in [-0.4, -0.2) is 57.9 Å². The van der Waals surface area contributed by atoms with Gasteiger partial charge in [-0.3, -0.25) is 9.59 Å². The first kappa shape index (κ1) is 20.6. The van der Waals surface area contributed by atoms with Crippen LogP contribution in [0.3, 0.4) is 0 Å². The van der Waals surface area contributed by atoms with Gasteiger partial charge in [0.25, 0.3) is 11.8 Å². The number of carbonyl (C=O) groups excluding carboxylic acids is 2. The van der Waals surface area contributed by atoms with Crippen molar-refractivity contribution in [1.29, 1.82) is 0 Å². The van der Waals surface area contributed by atoms with E-state index in [4.69, 9.17) is 4.74 Å². The molecule has 0 unspecified atom stereocenters. The SMILES string of the molecule is COc1ccc(-n2nnc(C(=O)NC3CCN(C(=O)c4ccccc4)CC3)c2C)cc1. The van der Waals surface area contributed by atoms with Crippen molar-refractivity contribution in [2.24, 2.45) is 0 Å². The molecule has 31 heavy (non-hydrogen) atoms. The molecule has 0 atom stereocenters. The summed E-state index contributed by atoms with van der Waals surface area (Å²) in [5, 5.41) is 11.3. The average Bonchev–Trinajstić information content (AvgIpc) is 3.21. The molecule has 0 radical (unpaired) electrons. The van der Waals surface area contributed by atoms with Crippen LogP contribution in [0.25, 0.3) is 5.69 Å². The Morgan fingerprint density at radius 2 is 1.71 bits per heavy atom. The minimum Gasteiger partial charge on any atom is -0.497 e. The molecule has 2 aromatic carbocycles. The number of likely N-dealkylation sites (tertiary alicyclic amines) is 1. The Balaban J connectivity index is 1.36. The molecular formula is C23H25N5O3. The van der Waals surface area contributed by atoms with Crippen molar-refractivity contribution in [3.8, 4) is 11.4 Å². The van der Waals surface area contributed by atoms with Crippen molar-refractivity contribution in [1.82, 2.24) is 25.2 Å². The van der Waals surface area contributed by atoms with Gasteiger partial charge in [-0.2, -0.15) is 0 Å². The number of hydrogen-bond donors (Lipinski definition) is 1. The van der Waals surface area contributed by atoms with Gasteiger partial charge in [-0.25, -0.2) is 4.68 Å². The maximum Gasteiger partial charge on any atom is 0.273 e. The van der Waals surface area contributed by atoms with Gasteiger partial charge in [0.2, 0.25) is 0 Å². The predicted molar refractivity (Wildman–Crippen MR) is 115 cm³/mol. The summed E-state index contributed by atoms with van der Waals surface area (Å²) in [6.07, 6.45) is 1.41. The van der Waals surface area contributed by atoms with Gasteiger partial charge in [0.05, 0.1) is 18.5 Å². The van der Waals surface area contributed by atoms with E-state index in [1.54, 1.807) is 11.8 Å². The average molecular weight is 419 g/mol. The third kappa shape index (κ3) is 4.42. The highest BCUT2D eigenvalue weighted by Crippen LogP contribution is 2.18. The highest BCUT2D eigenvalue weighted by atomic mass is 16.5. The molecule has 160 valence electrons. The van der Waals surface area contributed by atoms with Crippen LogP contribution >= 0.6 is 0 Å². The number of carbonyl (C=O) groups is 2. The number of hydrogen-bond acceptors (Lipinski definition) is 5. The van der Waals surface area contributed by atoms with E-state index < -0.39 is 0 Å². The van der Waals surface area contributed by atoms with E-state index in [1.807, 2.05) is 66.4 Å². The minimum absolute atomic E-state index is 0.00198. The Hall–Kier alpha value is -3.68. The summed E-state index contributed by atoms with van der Waals surface area (Å²) in [6.45, 7) is 3.03. The van der Waals surface area contributed by atoms with Crippen LogP contribution in [0.1, 0.15) is 39.4 Å². The summed E-state index contributed by atoms with van der Waals surface area (Å²) >= 11 is 0. The lowest BCUT2D eigenvalue weighted by Crippen LogP contribution is -2.46. The molecule has 4 rings (SSSR count). The lowest BCUT2D eigenvalue weighted by Gasteiger charge is -2.32. The normalized spacial score (nSPS) is 14.3. The molecule has 3 aromatic rings. The molecule has 2 amide bonds. The standard InChI is InChI=1S/C23H25N5O3/c1-16-21(25-26-28(16)19-8-10-20(31-2)11-9-19)22(29)24-18-12-14-27(15-13-18)23(30)17-6-4-3-5-7-17/h3-11,18H,12-15H2,1-2H3,(H,24,29). The van der Waals surface area contributed by atoms with Gasteiger partial charge in [-0.05, 0) is 56.2 Å². The summed E-state index contributed by atoms with van der Waals surface area (Å²) in [5.41, 5.74) is 2.46. The second kappa shape index (κ2) is 8.99. The molecule has 1 aromatic heterocycles. The monoisotopic (exact) mass is 419 g/mol. The summed E-state index contributed by atoms with van der Waals surface area (Å²) in [6, 6.07) is 16.7. The Morgan fingerprint density at radius 3 is 2.35 bits per heavy atom. The van der Waals surface area contributed by atoms with Crippen LogP contribution in [0, 0.1) is 6.92 Å². The smallest absolute Gasteiger partial charge is 0.273 e. The third-order valence-corrected chi connectivity index (χ3v) is 5.56. The van der Waals surface area contributed by atoms with E-state index in [0.29, 0.717) is 42.9 Å². The van der Waals surface area contributed by atoms with Gasteiger partial charge in [-0.15, -0.1) is 5.10 Å². The molecule has 8 heteroatoms. The van der Waals surface area contributed by atoms with Crippen molar-refractivity contribution in [2.75, 3.05) is 20.2 Å². The second-order valence-corrected chi connectivity index (χ2v) is 7.54. The number of aromatic nitrogens is 3. The van der Waals surface area contributed by atoms with Gasteiger partial charge in [0.1, 0.15) is 5.75 Å². The molecule has 2 heterocycles. The molecule has 1 N–H and O–H groups in total. The zero-order valence-corrected chi connectivity index (χ0v) is 17.6. The highest BCUT2D eigenvalue weighted by Gasteiger charge is 2.26. The molecule has 0 saturated carbocycles. The largest absolute Gasteiger partial charge is 0.497 e. The highest BCUT2D eigenvalue weighted by molar-refractivity contribution is 5.94. The summed E-state index contributed by atoms with van der Waals surface area (Å²) < 4.78 is 6.81. The number of methoxy groups -OCH3 is 1. The first-order valence-electron chi connectivity index (χ1n) is 10.3. The molecule has 8 nitrogen and oxygen atoms in total. The molecule has 1 saturated heterocycles. The molecule has 1 aliphatic rings. The van der Waals surface area contributed by atoms with Crippen LogP contribution in [0.15, 0.2) is 54.6 Å². The third-order valence-electron chi connectivity index (χ3n) is 5.56. The Kier molecular flexibility index (Phi) is 5.97. The maximum atomic E-state index is 12.8. The Labute approximate surface area is 180 Å². The fourth-order valence-corrected chi connectivity index (χ4v) is 3.75. The molecule has 1 aliphatic heterocycles. The first-order valence-corrected chi connectivity index (χ1v) is 10.3. The summed E-state index contributed by atoms with van der Waals surface area (Å²) in [4.78, 5) is 27.2. The van der Waals surface area contributed by atoms with E-state index in [-0.39, 0.29) is 17.9 Å². The van der Waals surface area contributed by atoms with Gasteiger partial charge >= 0.3 is 0 Å². The van der Waals surface area contributed by atoms with Crippen LogP contribution in [0.2, 0.25) is 0 Å². The zero-order valence-electron chi connectivity index (χ0n) is 17.6. The van der Waals surface area contributed by atoms with Gasteiger partial charge in [0.15, 0.2) is 5.69 Å². The van der Waals surface area contributed by atoms with E-state index in [0.717, 1.165) is 11.4 Å². The molecule has 0 aliphatic carbocycles. The van der Waals surface area contributed by atoms with E-state index in [2.05, 4.69) is 15.6 Å². The Bertz CT molecular complexity index is 1050. The summed E-state index contributed by atoms with van der Waals surface area (Å²) in [5.74, 6) is 0.533. The van der Waals surface area contributed by atoms with Crippen molar-refractivity contribution < 1.29 is 14.3 Å². The molecule has 1 fully saturated rings. The topological polar surface area (TPSA) is 89.3 Å². The lowest BCUT2D eigenvalue weighted by molar-refractivity contribution is 0.0697. The second-order valence-electron chi connectivity index (χ2n) is 7.54. The van der Waals surface area contributed by atoms with Crippen molar-refractivity contribution in [2.45, 2.75) is 25.8 Å². The number of rotatable bonds is 5. The Morgan fingerprint density at radius 1 is 1.03 bits per heavy atom. The summed E-state index contributed by atoms with van der Waals surface area (Å²) in [7, 11) is 1.61. The number of ether oxygens (including phenoxy) is 1. The predicted octanol–water partition coefficient (Wildman–Crippen LogP) is 2.62. The number of amides is 2. The van der Waals surface area contributed by atoms with Crippen molar-refractivity contribution >= 4 is 11.8 Å². The number of benzene rings is 2. The number of piperidine rings is 1. The minimum atomic E-state index is -0.245. The maximum absolute atomic E-state index is 12.8. The van der Waals surface area contributed by atoms with Crippen LogP contribution in [0.4, 0.5) is 0 Å². The van der Waals surface area contributed by atoms with Crippen molar-refractivity contribution in [3.63, 3.8) is 0 Å². The van der Waals surface area contributed by atoms with E-state index in [1.165, 1.54) is 0 Å². The quantitative estimate of drug-likeness (QED) is 0.687. The fourth-order valence-electron chi connectivity index (χ4n) is 3.75. The van der Waals surface area contributed by atoms with Gasteiger partial charge in [-0.1, -0.05) is 23.4 Å². The van der Waals surface area contributed by atoms with Crippen LogP contribution in [-0.2, 0) is 0 Å². The molecule has 0 bridgehead atoms. The van der Waals surface area contributed by atoms with Crippen molar-refractivity contribution in [3.05, 3.63) is 71.5 Å². The number of nitrogens with one attached hydrogen (secondary N) is 1. The van der Waals surface area contributed by atoms with Crippen LogP contribution < -0.4 is 10.1 Å². The van der Waals surface area contributed by atoms with Gasteiger partial charge < -0.3 is 15.0 Å². The fraction of sp³-hybridized carbons (Fsp3) is 0.304. The first-order chi connectivity index (χ1) is 15.1. The zero-order chi connectivity index (χ0) is 21.8.